The van der Waals surface area contributed by atoms with E-state index in [1.807, 2.05) is 13.8 Å². The minimum atomic E-state index is -0.247. The fraction of sp³-hybridized carbons (Fsp3) is 0.923. The molecule has 1 saturated heterocycles. The summed E-state index contributed by atoms with van der Waals surface area (Å²) >= 11 is 0. The van der Waals surface area contributed by atoms with Crippen molar-refractivity contribution in [3.05, 3.63) is 0 Å². The molecule has 0 spiro atoms. The summed E-state index contributed by atoms with van der Waals surface area (Å²) in [5.41, 5.74) is 5.46. The highest BCUT2D eigenvalue weighted by Gasteiger charge is 2.28. The third-order valence-electron chi connectivity index (χ3n) is 3.65. The van der Waals surface area contributed by atoms with E-state index in [1.165, 1.54) is 19.3 Å². The quantitative estimate of drug-likeness (QED) is 0.758. The van der Waals surface area contributed by atoms with Crippen molar-refractivity contribution in [1.29, 1.82) is 0 Å². The molecule has 4 heteroatoms. The third-order valence-corrected chi connectivity index (χ3v) is 3.65. The first kappa shape index (κ1) is 14.5. The summed E-state index contributed by atoms with van der Waals surface area (Å²) in [6.07, 6.45) is 3.73. The number of nitrogens with one attached hydrogen (secondary N) is 1. The molecule has 1 heterocycles. The summed E-state index contributed by atoms with van der Waals surface area (Å²) < 4.78 is 0. The van der Waals surface area contributed by atoms with Crippen LogP contribution in [0, 0.1) is 0 Å². The van der Waals surface area contributed by atoms with E-state index in [0.29, 0.717) is 12.1 Å². The highest BCUT2D eigenvalue weighted by molar-refractivity contribution is 5.80. The van der Waals surface area contributed by atoms with Crippen LogP contribution in [0.2, 0.25) is 0 Å². The molecule has 0 aliphatic carbocycles. The van der Waals surface area contributed by atoms with Gasteiger partial charge in [0.2, 0.25) is 5.91 Å². The Morgan fingerprint density at radius 3 is 2.29 bits per heavy atom. The second-order valence-corrected chi connectivity index (χ2v) is 5.60. The lowest BCUT2D eigenvalue weighted by molar-refractivity contribution is -0.121. The van der Waals surface area contributed by atoms with Gasteiger partial charge in [-0.1, -0.05) is 20.3 Å². The smallest absolute Gasteiger partial charge is 0.235 e. The van der Waals surface area contributed by atoms with Gasteiger partial charge in [0.15, 0.2) is 0 Å². The Labute approximate surface area is 105 Å². The monoisotopic (exact) mass is 241 g/mol. The minimum Gasteiger partial charge on any atom is -0.368 e. The fourth-order valence-electron chi connectivity index (χ4n) is 2.67. The molecule has 17 heavy (non-hydrogen) atoms. The summed E-state index contributed by atoms with van der Waals surface area (Å²) in [6.45, 7) is 9.29. The van der Waals surface area contributed by atoms with Crippen LogP contribution < -0.4 is 11.1 Å². The number of rotatable bonds is 5. The van der Waals surface area contributed by atoms with Gasteiger partial charge in [-0.05, 0) is 26.7 Å². The molecule has 1 fully saturated rings. The van der Waals surface area contributed by atoms with Crippen molar-refractivity contribution in [1.82, 2.24) is 10.2 Å². The lowest BCUT2D eigenvalue weighted by atomic mass is 9.96. The average Bonchev–Trinajstić information content (AvgIpc) is 2.21. The maximum atomic E-state index is 11.5. The first-order chi connectivity index (χ1) is 7.91. The van der Waals surface area contributed by atoms with Crippen LogP contribution >= 0.6 is 0 Å². The topological polar surface area (TPSA) is 58.4 Å². The Morgan fingerprint density at radius 1 is 1.35 bits per heavy atom. The normalized spacial score (nSPS) is 28.3. The van der Waals surface area contributed by atoms with E-state index in [-0.39, 0.29) is 18.0 Å². The van der Waals surface area contributed by atoms with Gasteiger partial charge in [-0.25, -0.2) is 0 Å². The van der Waals surface area contributed by atoms with E-state index >= 15 is 0 Å². The highest BCUT2D eigenvalue weighted by atomic mass is 16.1. The molecule has 1 rings (SSSR count). The summed E-state index contributed by atoms with van der Waals surface area (Å²) in [6, 6.07) is 1.14. The number of hydrogen-bond donors (Lipinski definition) is 2. The van der Waals surface area contributed by atoms with Gasteiger partial charge in [-0.15, -0.1) is 0 Å². The van der Waals surface area contributed by atoms with Crippen LogP contribution in [0.5, 0.6) is 0 Å². The lowest BCUT2D eigenvalue weighted by Crippen LogP contribution is -2.55. The first-order valence-corrected chi connectivity index (χ1v) is 6.73. The number of primary amides is 1. The largest absolute Gasteiger partial charge is 0.368 e. The SMILES string of the molecule is CC(C)NC(CN1C(C)CCCC1C)C(N)=O. The number of likely N-dealkylation sites (tertiary alicyclic amines) is 1. The molecule has 0 bridgehead atoms. The molecule has 4 nitrogen and oxygen atoms in total. The third kappa shape index (κ3) is 4.28. The number of nitrogens with two attached hydrogens (primary N) is 1. The number of amides is 1. The minimum absolute atomic E-state index is 0.238. The number of hydrogen-bond acceptors (Lipinski definition) is 3. The van der Waals surface area contributed by atoms with Crippen LogP contribution in [0.4, 0.5) is 0 Å². The van der Waals surface area contributed by atoms with Gasteiger partial charge in [0.1, 0.15) is 0 Å². The van der Waals surface area contributed by atoms with Crippen LogP contribution in [0.3, 0.4) is 0 Å². The van der Waals surface area contributed by atoms with Gasteiger partial charge in [0.25, 0.3) is 0 Å². The van der Waals surface area contributed by atoms with Crippen LogP contribution in [-0.2, 0) is 4.79 Å². The van der Waals surface area contributed by atoms with Crippen molar-refractivity contribution in [2.24, 2.45) is 5.73 Å². The molecule has 3 atom stereocenters. The van der Waals surface area contributed by atoms with E-state index in [4.69, 9.17) is 5.73 Å². The van der Waals surface area contributed by atoms with Crippen molar-refractivity contribution in [2.75, 3.05) is 6.54 Å². The molecule has 1 aliphatic heterocycles. The van der Waals surface area contributed by atoms with Gasteiger partial charge in [-0.2, -0.15) is 0 Å². The van der Waals surface area contributed by atoms with E-state index in [9.17, 15) is 4.79 Å². The number of carbonyl (C=O) groups excluding carboxylic acids is 1. The second kappa shape index (κ2) is 6.36. The van der Waals surface area contributed by atoms with E-state index < -0.39 is 0 Å². The number of piperidine rings is 1. The highest BCUT2D eigenvalue weighted by Crippen LogP contribution is 2.22. The van der Waals surface area contributed by atoms with Crippen LogP contribution in [0.15, 0.2) is 0 Å². The predicted octanol–water partition coefficient (Wildman–Crippen LogP) is 1.10. The van der Waals surface area contributed by atoms with Gasteiger partial charge in [0.05, 0.1) is 6.04 Å². The Hall–Kier alpha value is -0.610. The molecule has 1 aliphatic rings. The Kier molecular flexibility index (Phi) is 5.40. The molecule has 0 aromatic rings. The van der Waals surface area contributed by atoms with Gasteiger partial charge < -0.3 is 11.1 Å². The molecular formula is C13H27N3O. The first-order valence-electron chi connectivity index (χ1n) is 6.73. The molecule has 0 aromatic carbocycles. The summed E-state index contributed by atoms with van der Waals surface area (Å²) in [7, 11) is 0. The lowest BCUT2D eigenvalue weighted by Gasteiger charge is -2.40. The number of carbonyl (C=O) groups is 1. The number of nitrogens with zero attached hydrogens (tertiary/aromatic N) is 1. The zero-order chi connectivity index (χ0) is 13.0. The predicted molar refractivity (Wildman–Crippen MR) is 70.7 cm³/mol. The summed E-state index contributed by atoms with van der Waals surface area (Å²) in [5.74, 6) is -0.247. The molecule has 0 radical (unpaired) electrons. The average molecular weight is 241 g/mol. The molecule has 0 saturated carbocycles. The zero-order valence-corrected chi connectivity index (χ0v) is 11.6. The summed E-state index contributed by atoms with van der Waals surface area (Å²) in [5, 5.41) is 3.25. The van der Waals surface area contributed by atoms with Crippen molar-refractivity contribution in [3.63, 3.8) is 0 Å². The van der Waals surface area contributed by atoms with Crippen LogP contribution in [-0.4, -0.2) is 41.5 Å². The Morgan fingerprint density at radius 2 is 1.88 bits per heavy atom. The maximum absolute atomic E-state index is 11.5. The zero-order valence-electron chi connectivity index (χ0n) is 11.6. The van der Waals surface area contributed by atoms with Crippen LogP contribution in [0.25, 0.3) is 0 Å². The van der Waals surface area contributed by atoms with Gasteiger partial charge >= 0.3 is 0 Å². The molecule has 0 aromatic heterocycles. The van der Waals surface area contributed by atoms with Crippen molar-refractivity contribution >= 4 is 5.91 Å². The van der Waals surface area contributed by atoms with E-state index in [2.05, 4.69) is 24.1 Å². The van der Waals surface area contributed by atoms with Crippen molar-refractivity contribution < 1.29 is 4.79 Å². The van der Waals surface area contributed by atoms with E-state index in [0.717, 1.165) is 6.54 Å². The standard InChI is InChI=1S/C13H27N3O/c1-9(2)15-12(13(14)17)8-16-10(3)6-5-7-11(16)4/h9-12,15H,5-8H2,1-4H3,(H2,14,17). The van der Waals surface area contributed by atoms with E-state index in [1.54, 1.807) is 0 Å². The van der Waals surface area contributed by atoms with Crippen molar-refractivity contribution in [3.8, 4) is 0 Å². The second-order valence-electron chi connectivity index (χ2n) is 5.60. The molecule has 3 unspecified atom stereocenters. The Bertz CT molecular complexity index is 245. The Balaban J connectivity index is 2.61. The van der Waals surface area contributed by atoms with Gasteiger partial charge in [0, 0.05) is 24.7 Å². The fourth-order valence-corrected chi connectivity index (χ4v) is 2.67. The van der Waals surface area contributed by atoms with Crippen LogP contribution in [0.1, 0.15) is 47.0 Å². The molecule has 3 N–H and O–H groups in total. The van der Waals surface area contributed by atoms with Crippen molar-refractivity contribution in [2.45, 2.75) is 71.1 Å². The summed E-state index contributed by atoms with van der Waals surface area (Å²) in [4.78, 5) is 13.9. The van der Waals surface area contributed by atoms with Gasteiger partial charge in [-0.3, -0.25) is 9.69 Å². The molecule has 100 valence electrons. The molecule has 1 amide bonds. The maximum Gasteiger partial charge on any atom is 0.235 e. The molecular weight excluding hydrogens is 214 g/mol.